The van der Waals surface area contributed by atoms with Gasteiger partial charge in [0.15, 0.2) is 5.65 Å². The van der Waals surface area contributed by atoms with Crippen LogP contribution >= 0.6 is 15.9 Å². The van der Waals surface area contributed by atoms with Gasteiger partial charge in [-0.05, 0) is 65.2 Å². The molecule has 0 spiro atoms. The lowest BCUT2D eigenvalue weighted by molar-refractivity contribution is 0.318. The second kappa shape index (κ2) is 10.4. The van der Waals surface area contributed by atoms with Crippen molar-refractivity contribution in [2.24, 2.45) is 5.92 Å². The predicted molar refractivity (Wildman–Crippen MR) is 145 cm³/mol. The highest BCUT2D eigenvalue weighted by molar-refractivity contribution is 9.10. The molecule has 0 amide bonds. The van der Waals surface area contributed by atoms with Gasteiger partial charge in [-0.2, -0.15) is 13.9 Å². The van der Waals surface area contributed by atoms with E-state index in [9.17, 15) is 8.42 Å². The van der Waals surface area contributed by atoms with Gasteiger partial charge in [0.05, 0.1) is 15.6 Å². The second-order valence-corrected chi connectivity index (χ2v) is 12.6. The number of allylic oxidation sites excluding steroid dienone is 4. The summed E-state index contributed by atoms with van der Waals surface area (Å²) in [6.07, 6.45) is 12.0. The van der Waals surface area contributed by atoms with Crippen LogP contribution in [0.3, 0.4) is 0 Å². The summed E-state index contributed by atoms with van der Waals surface area (Å²) in [6, 6.07) is 5.98. The van der Waals surface area contributed by atoms with Gasteiger partial charge in [-0.3, -0.25) is 4.98 Å². The third-order valence-electron chi connectivity index (χ3n) is 7.07. The van der Waals surface area contributed by atoms with E-state index in [1.807, 2.05) is 36.5 Å². The van der Waals surface area contributed by atoms with Crippen LogP contribution < -0.4 is 5.32 Å². The van der Waals surface area contributed by atoms with Crippen molar-refractivity contribution < 1.29 is 8.42 Å². The summed E-state index contributed by atoms with van der Waals surface area (Å²) in [6.45, 7) is 5.91. The maximum Gasteiger partial charge on any atom is 0.239 e. The number of hydrogen-bond donors (Lipinski definition) is 1. The van der Waals surface area contributed by atoms with E-state index >= 15 is 0 Å². The molecule has 3 aromatic rings. The maximum absolute atomic E-state index is 13.3. The topological polar surface area (TPSA) is 92.5 Å². The normalized spacial score (nSPS) is 17.9. The fraction of sp³-hybridized carbons (Fsp3) is 0.423. The summed E-state index contributed by atoms with van der Waals surface area (Å²) in [5.41, 5.74) is 4.08. The van der Waals surface area contributed by atoms with E-state index in [4.69, 9.17) is 4.98 Å². The number of nitrogens with one attached hydrogen (secondary N) is 1. The summed E-state index contributed by atoms with van der Waals surface area (Å²) in [5, 5.41) is 7.92. The molecular formula is C26H31BrN6O2S. The minimum atomic E-state index is -3.43. The molecule has 36 heavy (non-hydrogen) atoms. The van der Waals surface area contributed by atoms with E-state index in [2.05, 4.69) is 45.2 Å². The van der Waals surface area contributed by atoms with Gasteiger partial charge in [-0.25, -0.2) is 13.4 Å². The Hall–Kier alpha value is -2.56. The van der Waals surface area contributed by atoms with Gasteiger partial charge in [0.1, 0.15) is 5.82 Å². The Labute approximate surface area is 220 Å². The molecule has 0 aromatic carbocycles. The fourth-order valence-electron chi connectivity index (χ4n) is 4.87. The van der Waals surface area contributed by atoms with Gasteiger partial charge in [-0.15, -0.1) is 0 Å². The van der Waals surface area contributed by atoms with Crippen LogP contribution in [0.25, 0.3) is 5.65 Å². The molecule has 4 heterocycles. The summed E-state index contributed by atoms with van der Waals surface area (Å²) < 4.78 is 30.9. The number of rotatable bonds is 7. The Bertz CT molecular complexity index is 1410. The van der Waals surface area contributed by atoms with E-state index in [0.717, 1.165) is 46.5 Å². The summed E-state index contributed by atoms with van der Waals surface area (Å²) >= 11 is 3.57. The molecule has 1 N–H and O–H groups in total. The van der Waals surface area contributed by atoms with Crippen LogP contribution in [0.1, 0.15) is 56.7 Å². The van der Waals surface area contributed by atoms with Gasteiger partial charge >= 0.3 is 0 Å². The lowest BCUT2D eigenvalue weighted by Gasteiger charge is -2.32. The molecular weight excluding hydrogens is 540 g/mol. The first-order chi connectivity index (χ1) is 17.3. The fourth-order valence-corrected chi connectivity index (χ4v) is 6.84. The van der Waals surface area contributed by atoms with E-state index in [-0.39, 0.29) is 5.92 Å². The summed E-state index contributed by atoms with van der Waals surface area (Å²) in [7, 11) is -3.43. The van der Waals surface area contributed by atoms with E-state index < -0.39 is 10.0 Å². The Morgan fingerprint density at radius 3 is 2.64 bits per heavy atom. The Balaban J connectivity index is 1.32. The van der Waals surface area contributed by atoms with Gasteiger partial charge in [0.25, 0.3) is 0 Å². The van der Waals surface area contributed by atoms with Crippen molar-refractivity contribution in [1.82, 2.24) is 23.9 Å². The molecule has 0 saturated carbocycles. The van der Waals surface area contributed by atoms with Crippen LogP contribution in [0.4, 0.5) is 5.82 Å². The molecule has 0 bridgehead atoms. The maximum atomic E-state index is 13.3. The standard InChI is InChI=1S/C26H31BrN6O2S/c1-18(2)20-5-7-22(8-6-20)36(34,35)32-12-9-21(10-13-32)24-14-25(29-16-19-4-3-11-28-15-19)33-26(31-24)23(27)17-30-33/h3-5,7,11,14-15,17-18,21,29H,6,8-10,12-13,16H2,1-2H3. The van der Waals surface area contributed by atoms with Gasteiger partial charge in [0.2, 0.25) is 10.0 Å². The number of sulfonamides is 1. The number of pyridine rings is 1. The monoisotopic (exact) mass is 570 g/mol. The van der Waals surface area contributed by atoms with Crippen LogP contribution in [0.5, 0.6) is 0 Å². The van der Waals surface area contributed by atoms with Crippen molar-refractivity contribution in [3.63, 3.8) is 0 Å². The first kappa shape index (κ1) is 25.1. The molecule has 1 saturated heterocycles. The van der Waals surface area contributed by atoms with Crippen LogP contribution in [0.15, 0.2) is 63.9 Å². The number of anilines is 1. The zero-order valence-electron chi connectivity index (χ0n) is 20.6. The quantitative estimate of drug-likeness (QED) is 0.416. The smallest absolute Gasteiger partial charge is 0.239 e. The second-order valence-electron chi connectivity index (χ2n) is 9.72. The predicted octanol–water partition coefficient (Wildman–Crippen LogP) is 5.27. The molecule has 0 atom stereocenters. The van der Waals surface area contributed by atoms with E-state index in [0.29, 0.717) is 36.9 Å². The lowest BCUT2D eigenvalue weighted by Crippen LogP contribution is -2.38. The molecule has 0 radical (unpaired) electrons. The minimum Gasteiger partial charge on any atom is -0.366 e. The van der Waals surface area contributed by atoms with Crippen LogP contribution in [0.2, 0.25) is 0 Å². The minimum absolute atomic E-state index is 0.176. The average Bonchev–Trinajstić information content (AvgIpc) is 3.28. The highest BCUT2D eigenvalue weighted by atomic mass is 79.9. The van der Waals surface area contributed by atoms with Crippen LogP contribution in [-0.4, -0.2) is 45.4 Å². The third-order valence-corrected chi connectivity index (χ3v) is 9.68. The highest BCUT2D eigenvalue weighted by Crippen LogP contribution is 2.34. The van der Waals surface area contributed by atoms with Crippen LogP contribution in [-0.2, 0) is 16.6 Å². The number of aromatic nitrogens is 4. The molecule has 2 aliphatic rings. The van der Waals surface area contributed by atoms with Crippen LogP contribution in [0, 0.1) is 5.92 Å². The third kappa shape index (κ3) is 5.12. The number of nitrogens with zero attached hydrogens (tertiary/aromatic N) is 5. The zero-order chi connectivity index (χ0) is 25.3. The largest absolute Gasteiger partial charge is 0.366 e. The molecule has 5 rings (SSSR count). The van der Waals surface area contributed by atoms with Crippen molar-refractivity contribution in [2.75, 3.05) is 18.4 Å². The van der Waals surface area contributed by atoms with E-state index in [1.165, 1.54) is 5.57 Å². The molecule has 1 aliphatic heterocycles. The van der Waals surface area contributed by atoms with Crippen molar-refractivity contribution in [1.29, 1.82) is 0 Å². The number of fused-ring (bicyclic) bond motifs is 1. The van der Waals surface area contributed by atoms with Gasteiger partial charge in [0, 0.05) is 49.7 Å². The molecule has 0 unspecified atom stereocenters. The SMILES string of the molecule is CC(C)C1=CC=C(S(=O)(=O)N2CCC(c3cc(NCc4cccnc4)n4ncc(Br)c4n3)CC2)CC1. The van der Waals surface area contributed by atoms with Gasteiger partial charge in [-0.1, -0.05) is 31.6 Å². The average molecular weight is 572 g/mol. The highest BCUT2D eigenvalue weighted by Gasteiger charge is 2.32. The molecule has 3 aromatic heterocycles. The first-order valence-corrected chi connectivity index (χ1v) is 14.6. The molecule has 8 nitrogen and oxygen atoms in total. The van der Waals surface area contributed by atoms with Crippen molar-refractivity contribution in [3.05, 3.63) is 75.2 Å². The number of piperidine rings is 1. The molecule has 10 heteroatoms. The number of halogens is 1. The Morgan fingerprint density at radius 1 is 1.17 bits per heavy atom. The van der Waals surface area contributed by atoms with Gasteiger partial charge < -0.3 is 5.32 Å². The van der Waals surface area contributed by atoms with E-state index in [1.54, 1.807) is 21.2 Å². The summed E-state index contributed by atoms with van der Waals surface area (Å²) in [4.78, 5) is 9.61. The Kier molecular flexibility index (Phi) is 7.28. The Morgan fingerprint density at radius 2 is 1.97 bits per heavy atom. The lowest BCUT2D eigenvalue weighted by atomic mass is 9.94. The first-order valence-electron chi connectivity index (χ1n) is 12.4. The van der Waals surface area contributed by atoms with Crippen molar-refractivity contribution in [3.8, 4) is 0 Å². The van der Waals surface area contributed by atoms with Crippen molar-refractivity contribution >= 4 is 37.4 Å². The molecule has 190 valence electrons. The molecule has 1 aliphatic carbocycles. The summed E-state index contributed by atoms with van der Waals surface area (Å²) in [5.74, 6) is 1.47. The van der Waals surface area contributed by atoms with Crippen molar-refractivity contribution in [2.45, 2.75) is 52.0 Å². The molecule has 1 fully saturated rings. The zero-order valence-corrected chi connectivity index (χ0v) is 23.0. The number of hydrogen-bond acceptors (Lipinski definition) is 6.